The van der Waals surface area contributed by atoms with Gasteiger partial charge in [-0.15, -0.1) is 0 Å². The molecule has 1 rings (SSSR count). The maximum atomic E-state index is 10.2. The molecule has 1 atom stereocenters. The summed E-state index contributed by atoms with van der Waals surface area (Å²) in [4.78, 5) is 11.7. The fraction of sp³-hybridized carbons (Fsp3) is 0.857. The van der Waals surface area contributed by atoms with Crippen LogP contribution in [0.15, 0.2) is 0 Å². The molecular weight excluding hydrogens is 128 g/mol. The third kappa shape index (κ3) is 1.70. The van der Waals surface area contributed by atoms with Crippen molar-refractivity contribution in [3.63, 3.8) is 0 Å². The minimum Gasteiger partial charge on any atom is -0.322 e. The molecule has 0 saturated carbocycles. The average molecular weight is 141 g/mol. The Labute approximate surface area is 61.4 Å². The van der Waals surface area contributed by atoms with Crippen molar-refractivity contribution in [3.8, 4) is 0 Å². The molecular formula is C7H13N2O. The van der Waals surface area contributed by atoms with E-state index in [0.29, 0.717) is 0 Å². The Morgan fingerprint density at radius 1 is 1.60 bits per heavy atom. The molecule has 0 aliphatic carbocycles. The monoisotopic (exact) mass is 141 g/mol. The van der Waals surface area contributed by atoms with E-state index in [0.717, 1.165) is 13.0 Å². The number of hydrogen-bond acceptors (Lipinski definition) is 2. The molecule has 10 heavy (non-hydrogen) atoms. The standard InChI is InChI=1S/C7H13N2O/c1-9(6-10)7-4-2-3-5-8-7/h7-8H,2-5H2,1H3. The van der Waals surface area contributed by atoms with E-state index in [2.05, 4.69) is 5.32 Å². The highest BCUT2D eigenvalue weighted by Gasteiger charge is 2.15. The molecule has 57 valence electrons. The van der Waals surface area contributed by atoms with Crippen LogP contribution in [0.4, 0.5) is 0 Å². The van der Waals surface area contributed by atoms with Crippen LogP contribution in [0.25, 0.3) is 0 Å². The van der Waals surface area contributed by atoms with Crippen molar-refractivity contribution < 1.29 is 4.79 Å². The fourth-order valence-electron chi connectivity index (χ4n) is 1.23. The highest BCUT2D eigenvalue weighted by atomic mass is 16.1. The van der Waals surface area contributed by atoms with Gasteiger partial charge in [-0.05, 0) is 25.8 Å². The molecule has 1 radical (unpaired) electrons. The van der Waals surface area contributed by atoms with Crippen LogP contribution in [0, 0.1) is 0 Å². The van der Waals surface area contributed by atoms with Gasteiger partial charge in [-0.3, -0.25) is 10.1 Å². The van der Waals surface area contributed by atoms with Crippen molar-refractivity contribution in [1.82, 2.24) is 10.2 Å². The Morgan fingerprint density at radius 2 is 2.40 bits per heavy atom. The van der Waals surface area contributed by atoms with Gasteiger partial charge in [-0.1, -0.05) is 0 Å². The molecule has 0 aromatic carbocycles. The van der Waals surface area contributed by atoms with Gasteiger partial charge in [0.2, 0.25) is 0 Å². The molecule has 3 heteroatoms. The number of amides is 1. The van der Waals surface area contributed by atoms with Gasteiger partial charge in [-0.2, -0.15) is 0 Å². The maximum Gasteiger partial charge on any atom is 0.313 e. The minimum atomic E-state index is 0.228. The lowest BCUT2D eigenvalue weighted by atomic mass is 10.1. The van der Waals surface area contributed by atoms with Crippen LogP contribution in [-0.4, -0.2) is 31.1 Å². The van der Waals surface area contributed by atoms with E-state index in [9.17, 15) is 4.79 Å². The van der Waals surface area contributed by atoms with Crippen molar-refractivity contribution in [2.24, 2.45) is 0 Å². The Hall–Kier alpha value is -0.570. The van der Waals surface area contributed by atoms with Crippen LogP contribution in [-0.2, 0) is 4.79 Å². The van der Waals surface area contributed by atoms with Gasteiger partial charge in [0.05, 0.1) is 6.17 Å². The molecule has 1 N–H and O–H groups in total. The first-order chi connectivity index (χ1) is 4.84. The number of hydrogen-bond donors (Lipinski definition) is 1. The number of nitrogens with one attached hydrogen (secondary N) is 1. The molecule has 1 heterocycles. The van der Waals surface area contributed by atoms with Crippen LogP contribution in [0.5, 0.6) is 0 Å². The number of nitrogens with zero attached hydrogens (tertiary/aromatic N) is 1. The van der Waals surface area contributed by atoms with Crippen molar-refractivity contribution in [3.05, 3.63) is 0 Å². The number of rotatable bonds is 2. The van der Waals surface area contributed by atoms with Crippen molar-refractivity contribution >= 4 is 6.41 Å². The van der Waals surface area contributed by atoms with Crippen LogP contribution in [0.2, 0.25) is 0 Å². The van der Waals surface area contributed by atoms with Gasteiger partial charge >= 0.3 is 6.41 Å². The third-order valence-corrected chi connectivity index (χ3v) is 1.90. The normalized spacial score (nSPS) is 25.9. The zero-order valence-electron chi connectivity index (χ0n) is 6.26. The summed E-state index contributed by atoms with van der Waals surface area (Å²) in [7, 11) is 1.76. The highest BCUT2D eigenvalue weighted by molar-refractivity contribution is 5.47. The number of piperidine rings is 1. The minimum absolute atomic E-state index is 0.228. The first-order valence-corrected chi connectivity index (χ1v) is 3.68. The van der Waals surface area contributed by atoms with E-state index < -0.39 is 0 Å². The zero-order chi connectivity index (χ0) is 7.40. The molecule has 0 aromatic rings. The predicted molar refractivity (Wildman–Crippen MR) is 39.1 cm³/mol. The van der Waals surface area contributed by atoms with E-state index in [1.54, 1.807) is 11.9 Å². The van der Waals surface area contributed by atoms with Gasteiger partial charge in [0.25, 0.3) is 0 Å². The van der Waals surface area contributed by atoms with E-state index in [1.807, 2.05) is 6.41 Å². The lowest BCUT2D eigenvalue weighted by molar-refractivity contribution is 0.242. The second kappa shape index (κ2) is 3.56. The van der Waals surface area contributed by atoms with Crippen LogP contribution in [0.1, 0.15) is 19.3 Å². The summed E-state index contributed by atoms with van der Waals surface area (Å²) < 4.78 is 0. The van der Waals surface area contributed by atoms with Crippen LogP contribution < -0.4 is 5.32 Å². The van der Waals surface area contributed by atoms with Gasteiger partial charge in [-0.25, -0.2) is 0 Å². The topological polar surface area (TPSA) is 32.3 Å². The van der Waals surface area contributed by atoms with Crippen LogP contribution >= 0.6 is 0 Å². The number of carbonyl (C=O) groups excluding carboxylic acids is 1. The first kappa shape index (κ1) is 7.54. The summed E-state index contributed by atoms with van der Waals surface area (Å²) in [6.07, 6.45) is 5.58. The van der Waals surface area contributed by atoms with E-state index in [4.69, 9.17) is 0 Å². The molecule has 1 amide bonds. The zero-order valence-corrected chi connectivity index (χ0v) is 6.26. The van der Waals surface area contributed by atoms with Gasteiger partial charge in [0, 0.05) is 7.05 Å². The Balaban J connectivity index is 2.30. The van der Waals surface area contributed by atoms with E-state index in [-0.39, 0.29) is 6.17 Å². The van der Waals surface area contributed by atoms with Crippen molar-refractivity contribution in [1.29, 1.82) is 0 Å². The Morgan fingerprint density at radius 3 is 2.90 bits per heavy atom. The summed E-state index contributed by atoms with van der Waals surface area (Å²) in [5.41, 5.74) is 0. The first-order valence-electron chi connectivity index (χ1n) is 3.68. The largest absolute Gasteiger partial charge is 0.322 e. The lowest BCUT2D eigenvalue weighted by Gasteiger charge is -2.28. The average Bonchev–Trinajstić information content (AvgIpc) is 2.05. The summed E-state index contributed by atoms with van der Waals surface area (Å²) in [6.45, 7) is 1.02. The third-order valence-electron chi connectivity index (χ3n) is 1.90. The maximum absolute atomic E-state index is 10.2. The summed E-state index contributed by atoms with van der Waals surface area (Å²) >= 11 is 0. The van der Waals surface area contributed by atoms with Gasteiger partial charge in [0.1, 0.15) is 0 Å². The molecule has 1 aliphatic rings. The SMILES string of the molecule is CN([C]=O)C1CCCCN1. The molecule has 1 unspecified atom stereocenters. The summed E-state index contributed by atoms with van der Waals surface area (Å²) in [6, 6.07) is 0. The summed E-state index contributed by atoms with van der Waals surface area (Å²) in [5.74, 6) is 0. The predicted octanol–water partition coefficient (Wildman–Crippen LogP) is 0.0850. The quantitative estimate of drug-likeness (QED) is 0.552. The van der Waals surface area contributed by atoms with Gasteiger partial charge < -0.3 is 4.90 Å². The van der Waals surface area contributed by atoms with Crippen molar-refractivity contribution in [2.45, 2.75) is 25.4 Å². The molecule has 0 aromatic heterocycles. The molecule has 1 fully saturated rings. The molecule has 0 bridgehead atoms. The van der Waals surface area contributed by atoms with Gasteiger partial charge in [0.15, 0.2) is 0 Å². The molecule has 3 nitrogen and oxygen atoms in total. The second-order valence-electron chi connectivity index (χ2n) is 2.67. The summed E-state index contributed by atoms with van der Waals surface area (Å²) in [5, 5.41) is 3.23. The van der Waals surface area contributed by atoms with E-state index >= 15 is 0 Å². The van der Waals surface area contributed by atoms with E-state index in [1.165, 1.54) is 12.8 Å². The Bertz CT molecular complexity index is 110. The van der Waals surface area contributed by atoms with Crippen LogP contribution in [0.3, 0.4) is 0 Å². The fourth-order valence-corrected chi connectivity index (χ4v) is 1.23. The lowest BCUT2D eigenvalue weighted by Crippen LogP contribution is -2.45. The Kier molecular flexibility index (Phi) is 2.68. The molecule has 1 aliphatic heterocycles. The second-order valence-corrected chi connectivity index (χ2v) is 2.67. The smallest absolute Gasteiger partial charge is 0.313 e. The molecule has 1 saturated heterocycles. The van der Waals surface area contributed by atoms with Crippen molar-refractivity contribution in [2.75, 3.05) is 13.6 Å². The highest BCUT2D eigenvalue weighted by Crippen LogP contribution is 2.07. The molecule has 0 spiro atoms.